The van der Waals surface area contributed by atoms with Crippen LogP contribution in [0.5, 0.6) is 11.5 Å². The van der Waals surface area contributed by atoms with Gasteiger partial charge in [0, 0.05) is 29.9 Å². The molecule has 2 heterocycles. The lowest BCUT2D eigenvalue weighted by molar-refractivity contribution is -0.154. The Labute approximate surface area is 187 Å². The van der Waals surface area contributed by atoms with E-state index < -0.39 is 18.1 Å². The number of methoxy groups -OCH3 is 2. The zero-order valence-electron chi connectivity index (χ0n) is 19.0. The van der Waals surface area contributed by atoms with Crippen LogP contribution in [-0.2, 0) is 20.7 Å². The van der Waals surface area contributed by atoms with Gasteiger partial charge in [-0.2, -0.15) is 0 Å². The molecular weight excluding hydrogens is 408 g/mol. The molecule has 168 valence electrons. The quantitative estimate of drug-likeness (QED) is 0.612. The van der Waals surface area contributed by atoms with Gasteiger partial charge in [0.2, 0.25) is 5.91 Å². The number of aromatic amines is 1. The molecule has 1 aromatic heterocycles. The van der Waals surface area contributed by atoms with Gasteiger partial charge < -0.3 is 24.1 Å². The van der Waals surface area contributed by atoms with Crippen molar-refractivity contribution in [3.8, 4) is 11.5 Å². The highest BCUT2D eigenvalue weighted by atomic mass is 16.5. The summed E-state index contributed by atoms with van der Waals surface area (Å²) in [7, 11) is 2.93. The molecule has 4 rings (SSSR count). The Morgan fingerprint density at radius 1 is 1.09 bits per heavy atom. The van der Waals surface area contributed by atoms with Crippen molar-refractivity contribution in [2.45, 2.75) is 45.4 Å². The molecule has 7 nitrogen and oxygen atoms in total. The maximum absolute atomic E-state index is 12.9. The van der Waals surface area contributed by atoms with Crippen molar-refractivity contribution >= 4 is 22.8 Å². The monoisotopic (exact) mass is 436 g/mol. The van der Waals surface area contributed by atoms with Gasteiger partial charge in [0.05, 0.1) is 26.4 Å². The first-order valence-corrected chi connectivity index (χ1v) is 10.7. The molecule has 2 aromatic carbocycles. The number of hydrogen-bond acceptors (Lipinski definition) is 5. The van der Waals surface area contributed by atoms with Crippen molar-refractivity contribution in [2.75, 3.05) is 14.2 Å². The molecular formula is C25H28N2O5. The Hall–Kier alpha value is -3.48. The van der Waals surface area contributed by atoms with Crippen LogP contribution in [0.3, 0.4) is 0 Å². The van der Waals surface area contributed by atoms with E-state index in [1.54, 1.807) is 12.0 Å². The molecule has 3 aromatic rings. The first-order chi connectivity index (χ1) is 15.3. The summed E-state index contributed by atoms with van der Waals surface area (Å²) in [6, 6.07) is 12.3. The summed E-state index contributed by atoms with van der Waals surface area (Å²) in [5.74, 6) is 0.541. The minimum Gasteiger partial charge on any atom is -0.493 e. The van der Waals surface area contributed by atoms with Crippen LogP contribution in [0.1, 0.15) is 43.6 Å². The average molecular weight is 437 g/mol. The van der Waals surface area contributed by atoms with E-state index in [0.717, 1.165) is 27.7 Å². The molecule has 0 spiro atoms. The Balaban J connectivity index is 1.93. The molecule has 1 amide bonds. The predicted octanol–water partition coefficient (Wildman–Crippen LogP) is 4.00. The lowest BCUT2D eigenvalue weighted by atomic mass is 9.87. The maximum Gasteiger partial charge on any atom is 0.328 e. The summed E-state index contributed by atoms with van der Waals surface area (Å²) >= 11 is 0. The molecule has 0 fully saturated rings. The topological polar surface area (TPSA) is 80.9 Å². The normalized spacial score (nSPS) is 17.9. The molecule has 1 N–H and O–H groups in total. The zero-order chi connectivity index (χ0) is 23.0. The maximum atomic E-state index is 12.9. The largest absolute Gasteiger partial charge is 0.493 e. The SMILES string of the molecule is COC(=O)[C@@H]1Cc2c([nH]c3ccccc23)[C@@H](c2ccc(OC(C)C)c(OC)c2)N1C(C)=O. The number of para-hydroxylation sites is 1. The van der Waals surface area contributed by atoms with Crippen LogP contribution in [0, 0.1) is 0 Å². The number of H-pyrrole nitrogens is 1. The smallest absolute Gasteiger partial charge is 0.328 e. The van der Waals surface area contributed by atoms with Gasteiger partial charge in [-0.25, -0.2) is 4.79 Å². The van der Waals surface area contributed by atoms with Gasteiger partial charge in [-0.3, -0.25) is 4.79 Å². The third-order valence-corrected chi connectivity index (χ3v) is 5.83. The van der Waals surface area contributed by atoms with E-state index in [2.05, 4.69) is 4.98 Å². The van der Waals surface area contributed by atoms with Crippen LogP contribution in [0.15, 0.2) is 42.5 Å². The first-order valence-electron chi connectivity index (χ1n) is 10.7. The van der Waals surface area contributed by atoms with Crippen LogP contribution >= 0.6 is 0 Å². The molecule has 1 aliphatic rings. The number of nitrogens with zero attached hydrogens (tertiary/aromatic N) is 1. The molecule has 0 unspecified atom stereocenters. The fraction of sp³-hybridized carbons (Fsp3) is 0.360. The van der Waals surface area contributed by atoms with E-state index in [0.29, 0.717) is 17.9 Å². The van der Waals surface area contributed by atoms with Crippen molar-refractivity contribution in [1.82, 2.24) is 9.88 Å². The fourth-order valence-electron chi connectivity index (χ4n) is 4.55. The molecule has 7 heteroatoms. The number of benzene rings is 2. The van der Waals surface area contributed by atoms with Gasteiger partial charge in [-0.15, -0.1) is 0 Å². The van der Waals surface area contributed by atoms with E-state index >= 15 is 0 Å². The van der Waals surface area contributed by atoms with Crippen LogP contribution in [0.25, 0.3) is 10.9 Å². The number of esters is 1. The lowest BCUT2D eigenvalue weighted by Gasteiger charge is -2.40. The van der Waals surface area contributed by atoms with Crippen LogP contribution in [-0.4, -0.2) is 48.1 Å². The summed E-state index contributed by atoms with van der Waals surface area (Å²) in [4.78, 5) is 30.7. The number of rotatable bonds is 5. The molecule has 0 saturated carbocycles. The highest BCUT2D eigenvalue weighted by molar-refractivity contribution is 5.90. The van der Waals surface area contributed by atoms with Gasteiger partial charge in [0.15, 0.2) is 11.5 Å². The van der Waals surface area contributed by atoms with E-state index in [9.17, 15) is 9.59 Å². The van der Waals surface area contributed by atoms with Gasteiger partial charge >= 0.3 is 5.97 Å². The summed E-state index contributed by atoms with van der Waals surface area (Å²) in [6.45, 7) is 5.37. The second-order valence-corrected chi connectivity index (χ2v) is 8.21. The van der Waals surface area contributed by atoms with E-state index in [-0.39, 0.29) is 12.0 Å². The molecule has 1 aliphatic heterocycles. The van der Waals surface area contributed by atoms with Gasteiger partial charge in [0.1, 0.15) is 6.04 Å². The minimum absolute atomic E-state index is 0.0119. The summed E-state index contributed by atoms with van der Waals surface area (Å²) in [5, 5.41) is 1.04. The summed E-state index contributed by atoms with van der Waals surface area (Å²) in [5.41, 5.74) is 3.68. The van der Waals surface area contributed by atoms with E-state index in [1.807, 2.05) is 56.3 Å². The number of carbonyl (C=O) groups is 2. The number of hydrogen-bond donors (Lipinski definition) is 1. The number of carbonyl (C=O) groups excluding carboxylic acids is 2. The van der Waals surface area contributed by atoms with Crippen molar-refractivity contribution in [3.05, 3.63) is 59.3 Å². The number of fused-ring (bicyclic) bond motifs is 3. The fourth-order valence-corrected chi connectivity index (χ4v) is 4.55. The molecule has 0 aliphatic carbocycles. The van der Waals surface area contributed by atoms with E-state index in [4.69, 9.17) is 14.2 Å². The van der Waals surface area contributed by atoms with E-state index in [1.165, 1.54) is 14.0 Å². The van der Waals surface area contributed by atoms with Crippen molar-refractivity contribution in [3.63, 3.8) is 0 Å². The third-order valence-electron chi connectivity index (χ3n) is 5.83. The summed E-state index contributed by atoms with van der Waals surface area (Å²) in [6.07, 6.45) is 0.371. The number of amides is 1. The summed E-state index contributed by atoms with van der Waals surface area (Å²) < 4.78 is 16.5. The number of nitrogens with one attached hydrogen (secondary N) is 1. The highest BCUT2D eigenvalue weighted by Crippen LogP contribution is 2.43. The minimum atomic E-state index is -0.730. The van der Waals surface area contributed by atoms with Crippen LogP contribution < -0.4 is 9.47 Å². The Kier molecular flexibility index (Phi) is 5.82. The van der Waals surface area contributed by atoms with Gasteiger partial charge in [-0.1, -0.05) is 24.3 Å². The standard InChI is InChI=1S/C25H28N2O5/c1-14(2)32-21-11-10-16(12-22(21)30-4)24-23-18(17-8-6-7-9-19(17)26-23)13-20(25(29)31-5)27(24)15(3)28/h6-12,14,20,24,26H,13H2,1-5H3/t20-,24+/m0/s1. The van der Waals surface area contributed by atoms with Crippen molar-refractivity contribution < 1.29 is 23.8 Å². The first kappa shape index (κ1) is 21.7. The van der Waals surface area contributed by atoms with Crippen molar-refractivity contribution in [2.24, 2.45) is 0 Å². The third kappa shape index (κ3) is 3.68. The van der Waals surface area contributed by atoms with Crippen LogP contribution in [0.4, 0.5) is 0 Å². The van der Waals surface area contributed by atoms with Gasteiger partial charge in [-0.05, 0) is 43.2 Å². The van der Waals surface area contributed by atoms with Crippen molar-refractivity contribution in [1.29, 1.82) is 0 Å². The zero-order valence-corrected chi connectivity index (χ0v) is 19.0. The lowest BCUT2D eigenvalue weighted by Crippen LogP contribution is -2.51. The molecule has 0 radical (unpaired) electrons. The second kappa shape index (κ2) is 8.57. The second-order valence-electron chi connectivity index (χ2n) is 8.21. The molecule has 32 heavy (non-hydrogen) atoms. The number of ether oxygens (including phenoxy) is 3. The predicted molar refractivity (Wildman–Crippen MR) is 121 cm³/mol. The van der Waals surface area contributed by atoms with Crippen LogP contribution in [0.2, 0.25) is 0 Å². The molecule has 0 bridgehead atoms. The Morgan fingerprint density at radius 3 is 2.50 bits per heavy atom. The Bertz CT molecular complexity index is 1170. The average Bonchev–Trinajstić information content (AvgIpc) is 3.15. The Morgan fingerprint density at radius 2 is 1.84 bits per heavy atom. The molecule has 0 saturated heterocycles. The number of aromatic nitrogens is 1. The van der Waals surface area contributed by atoms with Gasteiger partial charge in [0.25, 0.3) is 0 Å². The highest BCUT2D eigenvalue weighted by Gasteiger charge is 2.43. The molecule has 2 atom stereocenters.